The number of hydrogen-bond acceptors (Lipinski definition) is 3. The monoisotopic (exact) mass is 277 g/mol. The number of rotatable bonds is 4. The third kappa shape index (κ3) is 3.43. The van der Waals surface area contributed by atoms with Crippen LogP contribution in [0.2, 0.25) is 0 Å². The van der Waals surface area contributed by atoms with Gasteiger partial charge in [0.2, 0.25) is 0 Å². The van der Waals surface area contributed by atoms with Crippen LogP contribution in [0.5, 0.6) is 0 Å². The van der Waals surface area contributed by atoms with Gasteiger partial charge in [0.05, 0.1) is 4.91 Å². The van der Waals surface area contributed by atoms with E-state index >= 15 is 0 Å². The molecule has 1 aromatic carbocycles. The first kappa shape index (κ1) is 13.3. The lowest BCUT2D eigenvalue weighted by molar-refractivity contribution is -0.115. The summed E-state index contributed by atoms with van der Waals surface area (Å²) in [4.78, 5) is 12.2. The lowest BCUT2D eigenvalue weighted by Gasteiger charge is -2.00. The third-order valence-corrected chi connectivity index (χ3v) is 3.90. The van der Waals surface area contributed by atoms with Gasteiger partial charge in [0.25, 0.3) is 5.91 Å². The van der Waals surface area contributed by atoms with E-state index in [1.165, 1.54) is 30.2 Å². The molecule has 0 unspecified atom stereocenters. The first-order valence-electron chi connectivity index (χ1n) is 6.03. The van der Waals surface area contributed by atoms with Crippen LogP contribution in [-0.4, -0.2) is 10.2 Å². The van der Waals surface area contributed by atoms with Gasteiger partial charge in [-0.15, -0.1) is 0 Å². The zero-order chi connectivity index (χ0) is 13.0. The third-order valence-electron chi connectivity index (χ3n) is 2.74. The molecule has 0 radical (unpaired) electrons. The Bertz CT molecular complexity index is 491. The summed E-state index contributed by atoms with van der Waals surface area (Å²) in [5.74, 6) is -0.0972. The van der Waals surface area contributed by atoms with Gasteiger partial charge in [0, 0.05) is 0 Å². The fraction of sp³-hybridized carbons (Fsp3) is 0.286. The second kappa shape index (κ2) is 6.16. The lowest BCUT2D eigenvalue weighted by Crippen LogP contribution is -2.17. The Hall–Kier alpha value is -1.13. The second-order valence-corrected chi connectivity index (χ2v) is 5.92. The van der Waals surface area contributed by atoms with Crippen molar-refractivity contribution in [2.45, 2.75) is 26.2 Å². The van der Waals surface area contributed by atoms with Crippen LogP contribution in [0.15, 0.2) is 29.2 Å². The number of thiocarbonyl (C=S) groups is 1. The molecule has 0 aromatic heterocycles. The predicted molar refractivity (Wildman–Crippen MR) is 81.4 cm³/mol. The fourth-order valence-corrected chi connectivity index (χ4v) is 2.78. The van der Waals surface area contributed by atoms with Gasteiger partial charge in [-0.25, -0.2) is 0 Å². The van der Waals surface area contributed by atoms with Gasteiger partial charge < -0.3 is 5.32 Å². The quantitative estimate of drug-likeness (QED) is 0.674. The zero-order valence-corrected chi connectivity index (χ0v) is 11.9. The molecule has 0 bridgehead atoms. The van der Waals surface area contributed by atoms with Gasteiger partial charge in [0.1, 0.15) is 4.32 Å². The molecule has 0 saturated carbocycles. The number of amides is 1. The van der Waals surface area contributed by atoms with Crippen LogP contribution in [0.4, 0.5) is 0 Å². The average Bonchev–Trinajstić information content (AvgIpc) is 2.67. The van der Waals surface area contributed by atoms with Crippen molar-refractivity contribution in [2.75, 3.05) is 0 Å². The van der Waals surface area contributed by atoms with Gasteiger partial charge in [-0.1, -0.05) is 61.6 Å². The highest BCUT2D eigenvalue weighted by Crippen LogP contribution is 2.25. The molecule has 1 fully saturated rings. The molecule has 1 saturated heterocycles. The van der Waals surface area contributed by atoms with E-state index < -0.39 is 0 Å². The molecular formula is C14H15NOS2. The van der Waals surface area contributed by atoms with Crippen LogP contribution in [-0.2, 0) is 11.2 Å². The van der Waals surface area contributed by atoms with Crippen LogP contribution in [0, 0.1) is 0 Å². The van der Waals surface area contributed by atoms with Crippen molar-refractivity contribution in [3.63, 3.8) is 0 Å². The lowest BCUT2D eigenvalue weighted by atomic mass is 10.1. The summed E-state index contributed by atoms with van der Waals surface area (Å²) in [5.41, 5.74) is 2.38. The number of unbranched alkanes of at least 4 members (excludes halogenated alkanes) is 1. The first-order valence-corrected chi connectivity index (χ1v) is 7.25. The van der Waals surface area contributed by atoms with E-state index in [-0.39, 0.29) is 5.91 Å². The smallest absolute Gasteiger partial charge is 0.263 e. The Morgan fingerprint density at radius 3 is 2.61 bits per heavy atom. The minimum absolute atomic E-state index is 0.0972. The maximum Gasteiger partial charge on any atom is 0.263 e. The summed E-state index contributed by atoms with van der Waals surface area (Å²) >= 11 is 6.27. The largest absolute Gasteiger partial charge is 0.307 e. The van der Waals surface area contributed by atoms with E-state index in [1.54, 1.807) is 0 Å². The highest BCUT2D eigenvalue weighted by atomic mass is 32.2. The Morgan fingerprint density at radius 1 is 1.33 bits per heavy atom. The van der Waals surface area contributed by atoms with Crippen molar-refractivity contribution in [3.8, 4) is 0 Å². The van der Waals surface area contributed by atoms with Crippen molar-refractivity contribution in [1.82, 2.24) is 5.32 Å². The van der Waals surface area contributed by atoms with E-state index in [0.29, 0.717) is 9.23 Å². The molecule has 1 amide bonds. The minimum Gasteiger partial charge on any atom is -0.307 e. The maximum absolute atomic E-state index is 11.5. The van der Waals surface area contributed by atoms with Gasteiger partial charge in [0.15, 0.2) is 0 Å². The number of nitrogens with one attached hydrogen (secondary N) is 1. The van der Waals surface area contributed by atoms with Crippen molar-refractivity contribution in [3.05, 3.63) is 40.3 Å². The molecule has 0 atom stereocenters. The normalized spacial score (nSPS) is 17.3. The Labute approximate surface area is 117 Å². The summed E-state index contributed by atoms with van der Waals surface area (Å²) < 4.78 is 0.533. The Morgan fingerprint density at radius 2 is 2.06 bits per heavy atom. The molecule has 1 aliphatic rings. The second-order valence-electron chi connectivity index (χ2n) is 4.20. The van der Waals surface area contributed by atoms with Crippen LogP contribution in [0.1, 0.15) is 30.9 Å². The standard InChI is InChI=1S/C14H15NOS2/c1-2-3-4-10-5-7-11(8-6-10)9-12-13(16)15-14(17)18-12/h5-9H,2-4H2,1H3,(H,15,16,17). The molecule has 1 heterocycles. The highest BCUT2D eigenvalue weighted by Gasteiger charge is 2.21. The average molecular weight is 277 g/mol. The molecule has 4 heteroatoms. The zero-order valence-electron chi connectivity index (χ0n) is 10.2. The number of hydrogen-bond donors (Lipinski definition) is 1. The SMILES string of the molecule is CCCCc1ccc(C=C2SC(=S)NC2=O)cc1. The van der Waals surface area contributed by atoms with Crippen LogP contribution in [0.25, 0.3) is 6.08 Å². The topological polar surface area (TPSA) is 29.1 Å². The van der Waals surface area contributed by atoms with E-state index in [2.05, 4.69) is 24.4 Å². The molecule has 2 rings (SSSR count). The summed E-state index contributed by atoms with van der Waals surface area (Å²) in [5, 5.41) is 2.61. The Balaban J connectivity index is 2.08. The summed E-state index contributed by atoms with van der Waals surface area (Å²) in [6.45, 7) is 2.19. The van der Waals surface area contributed by atoms with Gasteiger partial charge >= 0.3 is 0 Å². The van der Waals surface area contributed by atoms with Crippen molar-refractivity contribution in [2.24, 2.45) is 0 Å². The van der Waals surface area contributed by atoms with Crippen molar-refractivity contribution < 1.29 is 4.79 Å². The molecule has 94 valence electrons. The molecule has 1 aromatic rings. The maximum atomic E-state index is 11.5. The molecular weight excluding hydrogens is 262 g/mol. The van der Waals surface area contributed by atoms with E-state index in [9.17, 15) is 4.79 Å². The summed E-state index contributed by atoms with van der Waals surface area (Å²) in [6.07, 6.45) is 5.42. The minimum atomic E-state index is -0.0972. The molecule has 18 heavy (non-hydrogen) atoms. The van der Waals surface area contributed by atoms with Crippen molar-refractivity contribution >= 4 is 40.3 Å². The molecule has 0 aliphatic carbocycles. The number of aryl methyl sites for hydroxylation is 1. The van der Waals surface area contributed by atoms with Gasteiger partial charge in [-0.2, -0.15) is 0 Å². The van der Waals surface area contributed by atoms with Crippen LogP contribution >= 0.6 is 24.0 Å². The van der Waals surface area contributed by atoms with E-state index in [1.807, 2.05) is 18.2 Å². The highest BCUT2D eigenvalue weighted by molar-refractivity contribution is 8.26. The fourth-order valence-electron chi connectivity index (χ4n) is 1.73. The molecule has 1 N–H and O–H groups in total. The molecule has 1 aliphatic heterocycles. The van der Waals surface area contributed by atoms with Crippen LogP contribution in [0.3, 0.4) is 0 Å². The van der Waals surface area contributed by atoms with Crippen molar-refractivity contribution in [1.29, 1.82) is 0 Å². The van der Waals surface area contributed by atoms with E-state index in [0.717, 1.165) is 12.0 Å². The molecule has 0 spiro atoms. The number of benzene rings is 1. The van der Waals surface area contributed by atoms with Crippen LogP contribution < -0.4 is 5.32 Å². The number of carbonyl (C=O) groups excluding carboxylic acids is 1. The Kier molecular flexibility index (Phi) is 4.55. The summed E-state index contributed by atoms with van der Waals surface area (Å²) in [6, 6.07) is 8.34. The van der Waals surface area contributed by atoms with Gasteiger partial charge in [-0.3, -0.25) is 4.79 Å². The predicted octanol–water partition coefficient (Wildman–Crippen LogP) is 3.52. The molecule has 2 nitrogen and oxygen atoms in total. The first-order chi connectivity index (χ1) is 8.69. The number of thioether (sulfide) groups is 1. The summed E-state index contributed by atoms with van der Waals surface area (Å²) in [7, 11) is 0. The van der Waals surface area contributed by atoms with Gasteiger partial charge in [-0.05, 0) is 30.0 Å². The number of carbonyl (C=O) groups is 1. The van der Waals surface area contributed by atoms with E-state index in [4.69, 9.17) is 12.2 Å².